The number of carbonyl (C=O) groups is 1. The molecule has 1 unspecified atom stereocenters. The number of anilines is 1. The first kappa shape index (κ1) is 19.1. The summed E-state index contributed by atoms with van der Waals surface area (Å²) >= 11 is 17.7. The van der Waals surface area contributed by atoms with Crippen molar-refractivity contribution in [2.24, 2.45) is 0 Å². The molecule has 0 spiro atoms. The van der Waals surface area contributed by atoms with Gasteiger partial charge in [-0.2, -0.15) is 13.2 Å². The molecular formula is C16H8Cl3F4NO2. The van der Waals surface area contributed by atoms with Crippen LogP contribution in [0.4, 0.5) is 23.2 Å². The second-order valence-electron chi connectivity index (χ2n) is 5.47. The van der Waals surface area contributed by atoms with E-state index >= 15 is 4.39 Å². The van der Waals surface area contributed by atoms with Crippen LogP contribution in [0.3, 0.4) is 0 Å². The van der Waals surface area contributed by atoms with Crippen LogP contribution in [0.25, 0.3) is 0 Å². The summed E-state index contributed by atoms with van der Waals surface area (Å²) in [7, 11) is 0. The Hall–Kier alpha value is -1.70. The van der Waals surface area contributed by atoms with E-state index in [1.807, 2.05) is 0 Å². The molecule has 0 aliphatic carbocycles. The van der Waals surface area contributed by atoms with Gasteiger partial charge < -0.3 is 10.1 Å². The van der Waals surface area contributed by atoms with Gasteiger partial charge in [0, 0.05) is 21.2 Å². The minimum atomic E-state index is -4.65. The third-order valence-electron chi connectivity index (χ3n) is 3.66. The fraction of sp³-hybridized carbons (Fsp3) is 0.188. The predicted octanol–water partition coefficient (Wildman–Crippen LogP) is 5.75. The molecule has 1 heterocycles. The average Bonchev–Trinajstić information content (AvgIpc) is 2.77. The van der Waals surface area contributed by atoms with E-state index in [0.717, 1.165) is 12.1 Å². The molecule has 0 aromatic heterocycles. The topological polar surface area (TPSA) is 38.3 Å². The Morgan fingerprint density at radius 2 is 1.77 bits per heavy atom. The van der Waals surface area contributed by atoms with E-state index in [1.54, 1.807) is 0 Å². The monoisotopic (exact) mass is 427 g/mol. The molecule has 10 heteroatoms. The number of nitrogens with one attached hydrogen (secondary N) is 1. The van der Waals surface area contributed by atoms with E-state index in [-0.39, 0.29) is 26.3 Å². The highest BCUT2D eigenvalue weighted by molar-refractivity contribution is 6.37. The molecular weight excluding hydrogens is 421 g/mol. The van der Waals surface area contributed by atoms with Crippen molar-refractivity contribution in [3.05, 3.63) is 56.5 Å². The van der Waals surface area contributed by atoms with Crippen LogP contribution in [0.2, 0.25) is 15.1 Å². The number of halogens is 7. The number of hydrogen-bond donors (Lipinski definition) is 1. The first-order valence-corrected chi connectivity index (χ1v) is 8.15. The Labute approximate surface area is 159 Å². The van der Waals surface area contributed by atoms with Crippen LogP contribution in [0.1, 0.15) is 11.1 Å². The number of rotatable bonds is 3. The summed E-state index contributed by atoms with van der Waals surface area (Å²) in [4.78, 5) is 12.4. The predicted molar refractivity (Wildman–Crippen MR) is 90.0 cm³/mol. The fourth-order valence-corrected chi connectivity index (χ4v) is 3.45. The number of hydrogen-bond acceptors (Lipinski definition) is 2. The molecule has 0 radical (unpaired) electrons. The van der Waals surface area contributed by atoms with Crippen molar-refractivity contribution in [1.82, 2.24) is 0 Å². The lowest BCUT2D eigenvalue weighted by Gasteiger charge is -2.23. The Balaban J connectivity index is 2.18. The van der Waals surface area contributed by atoms with Gasteiger partial charge in [0.2, 0.25) is 5.67 Å². The van der Waals surface area contributed by atoms with Gasteiger partial charge in [0.05, 0.1) is 10.7 Å². The molecule has 0 saturated carbocycles. The lowest BCUT2D eigenvalue weighted by Crippen LogP contribution is -2.32. The molecule has 1 atom stereocenters. The van der Waals surface area contributed by atoms with Crippen LogP contribution < -0.4 is 10.1 Å². The highest BCUT2D eigenvalue weighted by Crippen LogP contribution is 2.51. The first-order chi connectivity index (χ1) is 12.0. The van der Waals surface area contributed by atoms with Gasteiger partial charge in [-0.05, 0) is 30.3 Å². The molecule has 0 bridgehead atoms. The Morgan fingerprint density at radius 1 is 1.08 bits per heavy atom. The Bertz CT molecular complexity index is 904. The highest BCUT2D eigenvalue weighted by Gasteiger charge is 2.52. The standard InChI is InChI=1S/C16H8Cl3F4NO2/c17-7-1-2-12(26-6-15(20,21)22)9(3-7)16(23)13-10(19)4-8(18)5-11(13)24-14(16)25/h1-5H,6H2,(H,24,25). The van der Waals surface area contributed by atoms with E-state index in [2.05, 4.69) is 10.1 Å². The molecule has 1 N–H and O–H groups in total. The number of fused-ring (bicyclic) bond motifs is 1. The van der Waals surface area contributed by atoms with Gasteiger partial charge in [0.25, 0.3) is 5.91 Å². The van der Waals surface area contributed by atoms with Gasteiger partial charge in [0.15, 0.2) is 6.61 Å². The van der Waals surface area contributed by atoms with Crippen molar-refractivity contribution in [2.45, 2.75) is 11.8 Å². The number of ether oxygens (including phenoxy) is 1. The van der Waals surface area contributed by atoms with Gasteiger partial charge in [-0.15, -0.1) is 0 Å². The maximum absolute atomic E-state index is 15.9. The largest absolute Gasteiger partial charge is 0.484 e. The lowest BCUT2D eigenvalue weighted by molar-refractivity contribution is -0.153. The van der Waals surface area contributed by atoms with Crippen molar-refractivity contribution >= 4 is 46.4 Å². The molecule has 138 valence electrons. The van der Waals surface area contributed by atoms with Gasteiger partial charge in [0.1, 0.15) is 5.75 Å². The van der Waals surface area contributed by atoms with E-state index in [0.29, 0.717) is 0 Å². The van der Waals surface area contributed by atoms with E-state index in [4.69, 9.17) is 34.8 Å². The zero-order valence-corrected chi connectivity index (χ0v) is 14.8. The quantitative estimate of drug-likeness (QED) is 0.632. The van der Waals surface area contributed by atoms with Crippen LogP contribution in [-0.2, 0) is 10.5 Å². The molecule has 1 aliphatic rings. The van der Waals surface area contributed by atoms with Crippen LogP contribution in [0.5, 0.6) is 5.75 Å². The molecule has 0 saturated heterocycles. The third-order valence-corrected chi connectivity index (χ3v) is 4.42. The van der Waals surface area contributed by atoms with E-state index < -0.39 is 35.7 Å². The summed E-state index contributed by atoms with van der Waals surface area (Å²) in [6.45, 7) is -1.67. The molecule has 3 nitrogen and oxygen atoms in total. The summed E-state index contributed by atoms with van der Waals surface area (Å²) in [5.74, 6) is -1.63. The maximum Gasteiger partial charge on any atom is 0.422 e. The summed E-state index contributed by atoms with van der Waals surface area (Å²) in [5, 5.41) is 2.27. The van der Waals surface area contributed by atoms with Crippen molar-refractivity contribution < 1.29 is 27.1 Å². The first-order valence-electron chi connectivity index (χ1n) is 7.02. The normalized spacial score (nSPS) is 19.3. The van der Waals surface area contributed by atoms with E-state index in [1.165, 1.54) is 18.2 Å². The number of benzene rings is 2. The smallest absolute Gasteiger partial charge is 0.422 e. The third kappa shape index (κ3) is 3.31. The van der Waals surface area contributed by atoms with Crippen molar-refractivity contribution in [2.75, 3.05) is 11.9 Å². The van der Waals surface area contributed by atoms with Crippen molar-refractivity contribution in [3.8, 4) is 5.75 Å². The fourth-order valence-electron chi connectivity index (χ4n) is 2.66. The highest BCUT2D eigenvalue weighted by atomic mass is 35.5. The van der Waals surface area contributed by atoms with Crippen LogP contribution in [-0.4, -0.2) is 18.7 Å². The summed E-state index contributed by atoms with van der Waals surface area (Å²) in [6.07, 6.45) is -4.65. The Kier molecular flexibility index (Phi) is 4.75. The molecule has 2 aromatic rings. The average molecular weight is 429 g/mol. The van der Waals surface area contributed by atoms with Crippen LogP contribution in [0, 0.1) is 0 Å². The second-order valence-corrected chi connectivity index (χ2v) is 6.75. The molecule has 26 heavy (non-hydrogen) atoms. The van der Waals surface area contributed by atoms with Crippen LogP contribution in [0.15, 0.2) is 30.3 Å². The molecule has 1 amide bonds. The Morgan fingerprint density at radius 3 is 2.42 bits per heavy atom. The minimum Gasteiger partial charge on any atom is -0.484 e. The number of amides is 1. The zero-order chi connectivity index (χ0) is 19.3. The molecule has 2 aromatic carbocycles. The molecule has 0 fully saturated rings. The number of alkyl halides is 4. The van der Waals surface area contributed by atoms with Gasteiger partial charge in [-0.1, -0.05) is 34.8 Å². The van der Waals surface area contributed by atoms with Gasteiger partial charge in [-0.3, -0.25) is 4.79 Å². The van der Waals surface area contributed by atoms with Crippen LogP contribution >= 0.6 is 34.8 Å². The lowest BCUT2D eigenvalue weighted by atomic mass is 9.88. The van der Waals surface area contributed by atoms with Gasteiger partial charge >= 0.3 is 6.18 Å². The summed E-state index contributed by atoms with van der Waals surface area (Å²) in [6, 6.07) is 5.80. The zero-order valence-electron chi connectivity index (χ0n) is 12.6. The maximum atomic E-state index is 15.9. The molecule has 1 aliphatic heterocycles. The summed E-state index contributed by atoms with van der Waals surface area (Å²) in [5.41, 5.74) is -3.65. The summed E-state index contributed by atoms with van der Waals surface area (Å²) < 4.78 is 58.1. The SMILES string of the molecule is O=C1Nc2cc(Cl)cc(Cl)c2C1(F)c1cc(Cl)ccc1OCC(F)(F)F. The minimum absolute atomic E-state index is 0.00252. The van der Waals surface area contributed by atoms with Crippen molar-refractivity contribution in [3.63, 3.8) is 0 Å². The molecule has 3 rings (SSSR count). The van der Waals surface area contributed by atoms with E-state index in [9.17, 15) is 18.0 Å². The van der Waals surface area contributed by atoms with Crippen molar-refractivity contribution in [1.29, 1.82) is 0 Å². The second kappa shape index (κ2) is 6.48. The number of carbonyl (C=O) groups excluding carboxylic acids is 1. The van der Waals surface area contributed by atoms with Gasteiger partial charge in [-0.25, -0.2) is 4.39 Å².